The molecule has 0 unspecified atom stereocenters. The zero-order valence-electron chi connectivity index (χ0n) is 9.29. The molecule has 0 radical (unpaired) electrons. The molecule has 4 nitrogen and oxygen atoms in total. The van der Waals surface area contributed by atoms with Gasteiger partial charge in [-0.15, -0.1) is 0 Å². The molecule has 0 aromatic carbocycles. The van der Waals surface area contributed by atoms with Gasteiger partial charge in [-0.05, 0) is 19.4 Å². The van der Waals surface area contributed by atoms with E-state index < -0.39 is 0 Å². The maximum Gasteiger partial charge on any atom is 0.248 e. The van der Waals surface area contributed by atoms with Crippen LogP contribution in [0.4, 0.5) is 0 Å². The van der Waals surface area contributed by atoms with Crippen LogP contribution in [0.25, 0.3) is 0 Å². The van der Waals surface area contributed by atoms with Crippen LogP contribution in [-0.4, -0.2) is 44.2 Å². The second-order valence-corrected chi connectivity index (χ2v) is 3.36. The molecular formula is C10H22N2O2. The first kappa shape index (κ1) is 13.4. The lowest BCUT2D eigenvalue weighted by atomic mass is 10.3. The van der Waals surface area contributed by atoms with Crippen molar-refractivity contribution in [3.8, 4) is 0 Å². The summed E-state index contributed by atoms with van der Waals surface area (Å²) in [6.07, 6.45) is 2.96. The largest absolute Gasteiger partial charge is 0.372 e. The maximum absolute atomic E-state index is 11.4. The maximum atomic E-state index is 11.4. The predicted molar refractivity (Wildman–Crippen MR) is 57.0 cm³/mol. The van der Waals surface area contributed by atoms with Gasteiger partial charge in [0.15, 0.2) is 0 Å². The first-order valence-electron chi connectivity index (χ1n) is 5.24. The Morgan fingerprint density at radius 1 is 1.43 bits per heavy atom. The van der Waals surface area contributed by atoms with Crippen LogP contribution >= 0.6 is 0 Å². The zero-order chi connectivity index (χ0) is 10.8. The topological polar surface area (TPSA) is 55.6 Å². The summed E-state index contributed by atoms with van der Waals surface area (Å²) in [5.74, 6) is 0.0514. The van der Waals surface area contributed by atoms with Gasteiger partial charge in [0.2, 0.25) is 5.91 Å². The molecule has 0 spiro atoms. The van der Waals surface area contributed by atoms with Crippen molar-refractivity contribution in [3.05, 3.63) is 0 Å². The normalized spacial score (nSPS) is 10.2. The van der Waals surface area contributed by atoms with Gasteiger partial charge in [-0.2, -0.15) is 0 Å². The number of nitrogens with two attached hydrogens (primary N) is 1. The summed E-state index contributed by atoms with van der Waals surface area (Å²) in [6.45, 7) is 4.29. The summed E-state index contributed by atoms with van der Waals surface area (Å²) in [5.41, 5.74) is 5.30. The van der Waals surface area contributed by atoms with E-state index in [0.29, 0.717) is 13.2 Å². The lowest BCUT2D eigenvalue weighted by Crippen LogP contribution is -2.31. The minimum absolute atomic E-state index is 0.0514. The summed E-state index contributed by atoms with van der Waals surface area (Å²) in [7, 11) is 1.81. The molecule has 0 rings (SSSR count). The molecule has 0 aromatic heterocycles. The van der Waals surface area contributed by atoms with Gasteiger partial charge in [-0.3, -0.25) is 4.79 Å². The fraction of sp³-hybridized carbons (Fsp3) is 0.900. The van der Waals surface area contributed by atoms with E-state index in [4.69, 9.17) is 10.5 Å². The second-order valence-electron chi connectivity index (χ2n) is 3.36. The molecule has 0 saturated heterocycles. The number of ether oxygens (including phenoxy) is 1. The third-order valence-corrected chi connectivity index (χ3v) is 1.99. The van der Waals surface area contributed by atoms with Gasteiger partial charge >= 0.3 is 0 Å². The van der Waals surface area contributed by atoms with Crippen molar-refractivity contribution in [2.45, 2.75) is 26.2 Å². The quantitative estimate of drug-likeness (QED) is 0.587. The highest BCUT2D eigenvalue weighted by Gasteiger charge is 2.06. The smallest absolute Gasteiger partial charge is 0.248 e. The van der Waals surface area contributed by atoms with E-state index in [1.165, 1.54) is 0 Å². The van der Waals surface area contributed by atoms with Crippen LogP contribution in [0.2, 0.25) is 0 Å². The third-order valence-electron chi connectivity index (χ3n) is 1.99. The van der Waals surface area contributed by atoms with Crippen molar-refractivity contribution in [1.82, 2.24) is 4.90 Å². The molecule has 0 bridgehead atoms. The number of unbranched alkanes of at least 4 members (excludes halogenated alkanes) is 1. The van der Waals surface area contributed by atoms with E-state index in [1.807, 2.05) is 7.05 Å². The molecule has 0 saturated carbocycles. The Kier molecular flexibility index (Phi) is 8.57. The minimum Gasteiger partial charge on any atom is -0.372 e. The van der Waals surface area contributed by atoms with Crippen molar-refractivity contribution in [2.75, 3.05) is 33.4 Å². The number of rotatable bonds is 8. The van der Waals surface area contributed by atoms with Gasteiger partial charge in [-0.1, -0.05) is 13.3 Å². The van der Waals surface area contributed by atoms with Gasteiger partial charge in [-0.25, -0.2) is 0 Å². The lowest BCUT2D eigenvalue weighted by Gasteiger charge is -2.16. The molecule has 0 heterocycles. The standard InChI is InChI=1S/C10H22N2O2/c1-3-4-7-12(2)10(13)9-14-8-5-6-11/h3-9,11H2,1-2H3. The van der Waals surface area contributed by atoms with Crippen LogP contribution in [0.1, 0.15) is 26.2 Å². The van der Waals surface area contributed by atoms with Crippen molar-refractivity contribution in [2.24, 2.45) is 5.73 Å². The Morgan fingerprint density at radius 2 is 2.14 bits per heavy atom. The number of carbonyl (C=O) groups is 1. The average Bonchev–Trinajstić information content (AvgIpc) is 2.20. The monoisotopic (exact) mass is 202 g/mol. The second kappa shape index (κ2) is 8.97. The van der Waals surface area contributed by atoms with Gasteiger partial charge < -0.3 is 15.4 Å². The highest BCUT2D eigenvalue weighted by atomic mass is 16.5. The molecule has 0 aliphatic carbocycles. The van der Waals surface area contributed by atoms with Crippen LogP contribution in [0.15, 0.2) is 0 Å². The van der Waals surface area contributed by atoms with Crippen LogP contribution in [-0.2, 0) is 9.53 Å². The number of hydrogen-bond donors (Lipinski definition) is 1. The summed E-state index contributed by atoms with van der Waals surface area (Å²) in [5, 5.41) is 0. The van der Waals surface area contributed by atoms with Crippen molar-refractivity contribution < 1.29 is 9.53 Å². The average molecular weight is 202 g/mol. The van der Waals surface area contributed by atoms with Gasteiger partial charge in [0.1, 0.15) is 6.61 Å². The number of likely N-dealkylation sites (N-methyl/N-ethyl adjacent to an activating group) is 1. The van der Waals surface area contributed by atoms with E-state index in [2.05, 4.69) is 6.92 Å². The highest BCUT2D eigenvalue weighted by Crippen LogP contribution is 1.93. The molecule has 0 aromatic rings. The Labute approximate surface area is 86.4 Å². The van der Waals surface area contributed by atoms with Crippen molar-refractivity contribution in [3.63, 3.8) is 0 Å². The molecule has 1 amide bonds. The van der Waals surface area contributed by atoms with Gasteiger partial charge in [0, 0.05) is 20.2 Å². The molecule has 2 N–H and O–H groups in total. The highest BCUT2D eigenvalue weighted by molar-refractivity contribution is 5.77. The number of hydrogen-bond acceptors (Lipinski definition) is 3. The number of carbonyl (C=O) groups excluding carboxylic acids is 1. The van der Waals surface area contributed by atoms with E-state index in [0.717, 1.165) is 25.8 Å². The van der Waals surface area contributed by atoms with Crippen LogP contribution in [0.3, 0.4) is 0 Å². The number of amides is 1. The van der Waals surface area contributed by atoms with Crippen molar-refractivity contribution >= 4 is 5.91 Å². The number of nitrogens with zero attached hydrogens (tertiary/aromatic N) is 1. The summed E-state index contributed by atoms with van der Waals surface area (Å²) in [4.78, 5) is 13.1. The first-order chi connectivity index (χ1) is 6.72. The summed E-state index contributed by atoms with van der Waals surface area (Å²) in [6, 6.07) is 0. The summed E-state index contributed by atoms with van der Waals surface area (Å²) >= 11 is 0. The van der Waals surface area contributed by atoms with E-state index in [9.17, 15) is 4.79 Å². The van der Waals surface area contributed by atoms with Gasteiger partial charge in [0.05, 0.1) is 0 Å². The van der Waals surface area contributed by atoms with Crippen LogP contribution in [0.5, 0.6) is 0 Å². The molecule has 0 fully saturated rings. The Hall–Kier alpha value is -0.610. The van der Waals surface area contributed by atoms with Crippen molar-refractivity contribution in [1.29, 1.82) is 0 Å². The molecule has 0 atom stereocenters. The molecule has 0 aliphatic heterocycles. The zero-order valence-corrected chi connectivity index (χ0v) is 9.29. The van der Waals surface area contributed by atoms with Crippen LogP contribution < -0.4 is 5.73 Å². The SMILES string of the molecule is CCCCN(C)C(=O)COCCCN. The Morgan fingerprint density at radius 3 is 2.71 bits per heavy atom. The third kappa shape index (κ3) is 6.86. The lowest BCUT2D eigenvalue weighted by molar-refractivity contribution is -0.134. The fourth-order valence-electron chi connectivity index (χ4n) is 0.975. The molecule has 4 heteroatoms. The molecule has 0 aliphatic rings. The van der Waals surface area contributed by atoms with Crippen LogP contribution in [0, 0.1) is 0 Å². The first-order valence-corrected chi connectivity index (χ1v) is 5.24. The van der Waals surface area contributed by atoms with E-state index >= 15 is 0 Å². The van der Waals surface area contributed by atoms with E-state index in [-0.39, 0.29) is 12.5 Å². The Bertz CT molecular complexity index is 151. The summed E-state index contributed by atoms with van der Waals surface area (Å²) < 4.78 is 5.17. The predicted octanol–water partition coefficient (Wildman–Crippen LogP) is 0.610. The molecule has 84 valence electrons. The van der Waals surface area contributed by atoms with E-state index in [1.54, 1.807) is 4.90 Å². The molecule has 14 heavy (non-hydrogen) atoms. The molecular weight excluding hydrogens is 180 g/mol. The fourth-order valence-corrected chi connectivity index (χ4v) is 0.975. The minimum atomic E-state index is 0.0514. The van der Waals surface area contributed by atoms with Gasteiger partial charge in [0.25, 0.3) is 0 Å². The Balaban J connectivity index is 3.42.